The Morgan fingerprint density at radius 3 is 1.62 bits per heavy atom. The van der Waals surface area contributed by atoms with E-state index < -0.39 is 11.9 Å². The van der Waals surface area contributed by atoms with Gasteiger partial charge in [-0.15, -0.1) is 0 Å². The molecular formula is C10H16N2O4. The third-order valence-electron chi connectivity index (χ3n) is 1.40. The van der Waals surface area contributed by atoms with Crippen LogP contribution in [-0.2, 0) is 19.1 Å². The van der Waals surface area contributed by atoms with Crippen molar-refractivity contribution in [2.45, 2.75) is 0 Å². The summed E-state index contributed by atoms with van der Waals surface area (Å²) in [5.41, 5.74) is 5.56. The Balaban J connectivity index is 3.15. The van der Waals surface area contributed by atoms with Crippen molar-refractivity contribution in [3.8, 4) is 0 Å². The second-order valence-corrected chi connectivity index (χ2v) is 2.60. The van der Waals surface area contributed by atoms with Crippen molar-refractivity contribution in [3.63, 3.8) is 0 Å². The minimum absolute atomic E-state index is 0.240. The summed E-state index contributed by atoms with van der Waals surface area (Å²) in [6.07, 6.45) is 2.20. The lowest BCUT2D eigenvalue weighted by molar-refractivity contribution is -0.138. The molecule has 0 aromatic carbocycles. The van der Waals surface area contributed by atoms with Crippen molar-refractivity contribution in [2.24, 2.45) is 0 Å². The third-order valence-corrected chi connectivity index (χ3v) is 1.40. The van der Waals surface area contributed by atoms with Gasteiger partial charge in [0.05, 0.1) is 0 Å². The van der Waals surface area contributed by atoms with Gasteiger partial charge in [0, 0.05) is 25.2 Å². The molecule has 0 atom stereocenters. The Kier molecular flexibility index (Phi) is 8.85. The van der Waals surface area contributed by atoms with Crippen molar-refractivity contribution in [1.82, 2.24) is 10.9 Å². The van der Waals surface area contributed by atoms with Crippen LogP contribution in [0.25, 0.3) is 0 Å². The van der Waals surface area contributed by atoms with Crippen LogP contribution in [0.1, 0.15) is 0 Å². The third kappa shape index (κ3) is 8.92. The second-order valence-electron chi connectivity index (χ2n) is 2.60. The highest BCUT2D eigenvalue weighted by Crippen LogP contribution is 1.77. The Morgan fingerprint density at radius 2 is 1.31 bits per heavy atom. The lowest BCUT2D eigenvalue weighted by Crippen LogP contribution is -2.37. The van der Waals surface area contributed by atoms with E-state index in [1.165, 1.54) is 0 Å². The van der Waals surface area contributed by atoms with E-state index in [1.54, 1.807) is 0 Å². The summed E-state index contributed by atoms with van der Waals surface area (Å²) in [5, 5.41) is 0. The SMILES string of the molecule is C=CC(=O)OCCNNCCOC(=O)C=C. The molecule has 6 nitrogen and oxygen atoms in total. The summed E-state index contributed by atoms with van der Waals surface area (Å²) in [5.74, 6) is -0.913. The number of ether oxygens (including phenoxy) is 2. The van der Waals surface area contributed by atoms with Gasteiger partial charge in [-0.05, 0) is 0 Å². The van der Waals surface area contributed by atoms with Crippen LogP contribution in [0, 0.1) is 0 Å². The number of carbonyl (C=O) groups is 2. The zero-order valence-electron chi connectivity index (χ0n) is 9.03. The van der Waals surface area contributed by atoms with E-state index in [9.17, 15) is 9.59 Å². The standard InChI is InChI=1S/C10H16N2O4/c1-3-9(13)15-7-5-11-12-6-8-16-10(14)4-2/h3-4,11-12H,1-2,5-8H2. The molecule has 0 saturated heterocycles. The lowest BCUT2D eigenvalue weighted by atomic mass is 10.6. The molecule has 0 heterocycles. The summed E-state index contributed by atoms with van der Waals surface area (Å²) >= 11 is 0. The van der Waals surface area contributed by atoms with Crippen molar-refractivity contribution >= 4 is 11.9 Å². The highest BCUT2D eigenvalue weighted by atomic mass is 16.5. The summed E-state index contributed by atoms with van der Waals surface area (Å²) in [4.78, 5) is 21.2. The van der Waals surface area contributed by atoms with Crippen LogP contribution < -0.4 is 10.9 Å². The minimum Gasteiger partial charge on any atom is -0.461 e. The molecule has 0 saturated carbocycles. The molecule has 90 valence electrons. The Hall–Kier alpha value is -1.66. The van der Waals surface area contributed by atoms with Gasteiger partial charge in [-0.1, -0.05) is 13.2 Å². The van der Waals surface area contributed by atoms with Gasteiger partial charge in [-0.3, -0.25) is 10.9 Å². The first kappa shape index (κ1) is 14.3. The predicted octanol–water partition coefficient (Wildman–Crippen LogP) is -0.461. The summed E-state index contributed by atoms with van der Waals surface area (Å²) in [6.45, 7) is 7.90. The Morgan fingerprint density at radius 1 is 0.938 bits per heavy atom. The lowest BCUT2D eigenvalue weighted by Gasteiger charge is -2.06. The molecule has 0 amide bonds. The molecule has 6 heteroatoms. The fourth-order valence-corrected chi connectivity index (χ4v) is 0.700. The number of rotatable bonds is 9. The first-order valence-corrected chi connectivity index (χ1v) is 4.74. The summed E-state index contributed by atoms with van der Waals surface area (Å²) in [6, 6.07) is 0. The normalized spacial score (nSPS) is 9.25. The number of esters is 2. The number of nitrogens with one attached hydrogen (secondary N) is 2. The molecule has 0 aromatic heterocycles. The summed E-state index contributed by atoms with van der Waals surface area (Å²) < 4.78 is 9.39. The van der Waals surface area contributed by atoms with Gasteiger partial charge >= 0.3 is 11.9 Å². The second kappa shape index (κ2) is 9.88. The molecule has 0 unspecified atom stereocenters. The van der Waals surface area contributed by atoms with Crippen LogP contribution in [0.3, 0.4) is 0 Å². The van der Waals surface area contributed by atoms with Crippen molar-refractivity contribution in [1.29, 1.82) is 0 Å². The van der Waals surface area contributed by atoms with E-state index in [0.717, 1.165) is 12.2 Å². The number of hydrogen-bond acceptors (Lipinski definition) is 6. The topological polar surface area (TPSA) is 76.7 Å². The molecule has 0 bridgehead atoms. The van der Waals surface area contributed by atoms with E-state index in [-0.39, 0.29) is 13.2 Å². The largest absolute Gasteiger partial charge is 0.461 e. The zero-order valence-corrected chi connectivity index (χ0v) is 9.03. The van der Waals surface area contributed by atoms with E-state index >= 15 is 0 Å². The van der Waals surface area contributed by atoms with Gasteiger partial charge in [0.15, 0.2) is 0 Å². The molecule has 0 radical (unpaired) electrons. The summed E-state index contributed by atoms with van der Waals surface area (Å²) in [7, 11) is 0. The maximum atomic E-state index is 10.6. The van der Waals surface area contributed by atoms with Crippen LogP contribution in [-0.4, -0.2) is 38.2 Å². The van der Waals surface area contributed by atoms with Crippen LogP contribution in [0.2, 0.25) is 0 Å². The molecule has 0 aromatic rings. The molecular weight excluding hydrogens is 212 g/mol. The van der Waals surface area contributed by atoms with Crippen molar-refractivity contribution in [3.05, 3.63) is 25.3 Å². The average Bonchev–Trinajstić information content (AvgIpc) is 2.31. The highest BCUT2D eigenvalue weighted by molar-refractivity contribution is 5.81. The Bertz CT molecular complexity index is 227. The maximum Gasteiger partial charge on any atom is 0.330 e. The van der Waals surface area contributed by atoms with Gasteiger partial charge in [0.25, 0.3) is 0 Å². The van der Waals surface area contributed by atoms with Crippen molar-refractivity contribution in [2.75, 3.05) is 26.3 Å². The first-order valence-electron chi connectivity index (χ1n) is 4.74. The van der Waals surface area contributed by atoms with E-state index in [4.69, 9.17) is 9.47 Å². The van der Waals surface area contributed by atoms with Gasteiger partial charge in [-0.2, -0.15) is 0 Å². The molecule has 0 rings (SSSR count). The smallest absolute Gasteiger partial charge is 0.330 e. The van der Waals surface area contributed by atoms with Gasteiger partial charge in [0.1, 0.15) is 13.2 Å². The van der Waals surface area contributed by atoms with Crippen LogP contribution >= 0.6 is 0 Å². The Labute approximate surface area is 94.3 Å². The van der Waals surface area contributed by atoms with E-state index in [0.29, 0.717) is 13.1 Å². The molecule has 0 spiro atoms. The van der Waals surface area contributed by atoms with Crippen LogP contribution in [0.4, 0.5) is 0 Å². The first-order chi connectivity index (χ1) is 7.70. The molecule has 2 N–H and O–H groups in total. The van der Waals surface area contributed by atoms with Gasteiger partial charge in [0.2, 0.25) is 0 Å². The molecule has 0 aliphatic carbocycles. The highest BCUT2D eigenvalue weighted by Gasteiger charge is 1.95. The quantitative estimate of drug-likeness (QED) is 0.241. The van der Waals surface area contributed by atoms with E-state index in [1.807, 2.05) is 0 Å². The maximum absolute atomic E-state index is 10.6. The number of hydrogen-bond donors (Lipinski definition) is 2. The molecule has 0 aliphatic rings. The minimum atomic E-state index is -0.457. The van der Waals surface area contributed by atoms with E-state index in [2.05, 4.69) is 24.0 Å². The average molecular weight is 228 g/mol. The fourth-order valence-electron chi connectivity index (χ4n) is 0.700. The monoisotopic (exact) mass is 228 g/mol. The van der Waals surface area contributed by atoms with Crippen LogP contribution in [0.15, 0.2) is 25.3 Å². The van der Waals surface area contributed by atoms with Crippen LogP contribution in [0.5, 0.6) is 0 Å². The molecule has 0 aliphatic heterocycles. The molecule has 16 heavy (non-hydrogen) atoms. The predicted molar refractivity (Wildman–Crippen MR) is 58.3 cm³/mol. The fraction of sp³-hybridized carbons (Fsp3) is 0.400. The molecule has 0 fully saturated rings. The zero-order chi connectivity index (χ0) is 12.2. The van der Waals surface area contributed by atoms with Gasteiger partial charge < -0.3 is 9.47 Å². The number of carbonyl (C=O) groups excluding carboxylic acids is 2. The number of hydrazine groups is 1. The van der Waals surface area contributed by atoms with Crippen molar-refractivity contribution < 1.29 is 19.1 Å². The van der Waals surface area contributed by atoms with Gasteiger partial charge in [-0.25, -0.2) is 9.59 Å².